The molecule has 0 radical (unpaired) electrons. The molecule has 0 aliphatic rings. The van der Waals surface area contributed by atoms with Crippen LogP contribution < -0.4 is 11.1 Å². The monoisotopic (exact) mass is 225 g/mol. The number of nitrogen functional groups attached to an aromatic ring is 1. The van der Waals surface area contributed by atoms with Gasteiger partial charge in [0, 0.05) is 12.7 Å². The Kier molecular flexibility index (Phi) is 3.17. The molecule has 0 fully saturated rings. The lowest BCUT2D eigenvalue weighted by molar-refractivity contribution is 1.09. The number of aromatic nitrogens is 2. The van der Waals surface area contributed by atoms with E-state index >= 15 is 0 Å². The molecule has 5 nitrogen and oxygen atoms in total. The maximum Gasteiger partial charge on any atom is 0.221 e. The quantitative estimate of drug-likeness (QED) is 0.827. The molecule has 3 N–H and O–H groups in total. The SMILES string of the molecule is N#Cc1ccc(CNc2ccnc(N)n2)cc1. The first-order valence-corrected chi connectivity index (χ1v) is 5.09. The van der Waals surface area contributed by atoms with Crippen molar-refractivity contribution in [3.05, 3.63) is 47.7 Å². The van der Waals surface area contributed by atoms with E-state index in [-0.39, 0.29) is 5.95 Å². The van der Waals surface area contributed by atoms with Gasteiger partial charge in [0.15, 0.2) is 0 Å². The van der Waals surface area contributed by atoms with E-state index in [0.717, 1.165) is 5.56 Å². The van der Waals surface area contributed by atoms with Crippen LogP contribution in [0, 0.1) is 11.3 Å². The van der Waals surface area contributed by atoms with E-state index in [2.05, 4.69) is 21.4 Å². The summed E-state index contributed by atoms with van der Waals surface area (Å²) < 4.78 is 0. The Morgan fingerprint density at radius 3 is 2.65 bits per heavy atom. The number of hydrogen-bond acceptors (Lipinski definition) is 5. The lowest BCUT2D eigenvalue weighted by Crippen LogP contribution is -2.03. The van der Waals surface area contributed by atoms with Gasteiger partial charge in [0.2, 0.25) is 5.95 Å². The second kappa shape index (κ2) is 4.94. The van der Waals surface area contributed by atoms with Crippen LogP contribution >= 0.6 is 0 Å². The number of anilines is 2. The molecule has 0 aliphatic heterocycles. The van der Waals surface area contributed by atoms with Crippen molar-refractivity contribution >= 4 is 11.8 Å². The van der Waals surface area contributed by atoms with Crippen molar-refractivity contribution in [1.29, 1.82) is 5.26 Å². The second-order valence-corrected chi connectivity index (χ2v) is 3.46. The van der Waals surface area contributed by atoms with Crippen LogP contribution in [0.15, 0.2) is 36.5 Å². The van der Waals surface area contributed by atoms with Crippen molar-refractivity contribution in [2.75, 3.05) is 11.1 Å². The van der Waals surface area contributed by atoms with E-state index in [1.54, 1.807) is 24.4 Å². The zero-order chi connectivity index (χ0) is 12.1. The Morgan fingerprint density at radius 1 is 1.24 bits per heavy atom. The van der Waals surface area contributed by atoms with Crippen molar-refractivity contribution < 1.29 is 0 Å². The minimum Gasteiger partial charge on any atom is -0.368 e. The molecule has 1 aromatic heterocycles. The van der Waals surface area contributed by atoms with Crippen molar-refractivity contribution in [2.24, 2.45) is 0 Å². The highest BCUT2D eigenvalue weighted by atomic mass is 15.1. The highest BCUT2D eigenvalue weighted by Gasteiger charge is 1.97. The first-order chi connectivity index (χ1) is 8.28. The minimum atomic E-state index is 0.245. The molecule has 1 aromatic carbocycles. The van der Waals surface area contributed by atoms with Crippen LogP contribution in [0.3, 0.4) is 0 Å². The van der Waals surface area contributed by atoms with E-state index in [4.69, 9.17) is 11.0 Å². The highest BCUT2D eigenvalue weighted by molar-refractivity contribution is 5.39. The second-order valence-electron chi connectivity index (χ2n) is 3.46. The molecule has 84 valence electrons. The minimum absolute atomic E-state index is 0.245. The van der Waals surface area contributed by atoms with Gasteiger partial charge in [-0.1, -0.05) is 12.1 Å². The summed E-state index contributed by atoms with van der Waals surface area (Å²) in [6.07, 6.45) is 1.60. The molecule has 0 atom stereocenters. The van der Waals surface area contributed by atoms with E-state index in [0.29, 0.717) is 17.9 Å². The number of nitrogens with zero attached hydrogens (tertiary/aromatic N) is 3. The first kappa shape index (κ1) is 10.9. The molecular formula is C12H11N5. The van der Waals surface area contributed by atoms with E-state index in [9.17, 15) is 0 Å². The van der Waals surface area contributed by atoms with Gasteiger partial charge in [0.25, 0.3) is 0 Å². The summed E-state index contributed by atoms with van der Waals surface area (Å²) in [6, 6.07) is 11.2. The van der Waals surface area contributed by atoms with Gasteiger partial charge in [-0.15, -0.1) is 0 Å². The normalized spacial score (nSPS) is 9.59. The molecule has 0 aliphatic carbocycles. The number of rotatable bonds is 3. The zero-order valence-corrected chi connectivity index (χ0v) is 9.09. The third-order valence-corrected chi connectivity index (χ3v) is 2.23. The third kappa shape index (κ3) is 2.92. The van der Waals surface area contributed by atoms with Crippen LogP contribution in [0.1, 0.15) is 11.1 Å². The number of hydrogen-bond donors (Lipinski definition) is 2. The van der Waals surface area contributed by atoms with Crippen molar-refractivity contribution in [3.8, 4) is 6.07 Å². The van der Waals surface area contributed by atoms with Crippen LogP contribution in [-0.4, -0.2) is 9.97 Å². The first-order valence-electron chi connectivity index (χ1n) is 5.09. The predicted molar refractivity (Wildman–Crippen MR) is 64.9 cm³/mol. The van der Waals surface area contributed by atoms with E-state index in [1.807, 2.05) is 12.1 Å². The molecular weight excluding hydrogens is 214 g/mol. The molecule has 0 amide bonds. The summed E-state index contributed by atoms with van der Waals surface area (Å²) in [5.41, 5.74) is 7.19. The van der Waals surface area contributed by atoms with Gasteiger partial charge in [-0.3, -0.25) is 0 Å². The maximum absolute atomic E-state index is 8.67. The average molecular weight is 225 g/mol. The summed E-state index contributed by atoms with van der Waals surface area (Å²) in [7, 11) is 0. The summed E-state index contributed by atoms with van der Waals surface area (Å²) in [5, 5.41) is 11.8. The number of nitrogens with one attached hydrogen (secondary N) is 1. The number of nitrogens with two attached hydrogens (primary N) is 1. The molecule has 0 spiro atoms. The zero-order valence-electron chi connectivity index (χ0n) is 9.09. The standard InChI is InChI=1S/C12H11N5/c13-7-9-1-3-10(4-2-9)8-16-11-5-6-15-12(14)17-11/h1-6H,8H2,(H3,14,15,16,17). The number of nitriles is 1. The van der Waals surface area contributed by atoms with Crippen LogP contribution in [0.2, 0.25) is 0 Å². The Balaban J connectivity index is 2.00. The number of benzene rings is 1. The maximum atomic E-state index is 8.67. The largest absolute Gasteiger partial charge is 0.368 e. The summed E-state index contributed by atoms with van der Waals surface area (Å²) in [4.78, 5) is 7.83. The van der Waals surface area contributed by atoms with Gasteiger partial charge in [-0.05, 0) is 23.8 Å². The van der Waals surface area contributed by atoms with Gasteiger partial charge in [0.05, 0.1) is 11.6 Å². The molecule has 17 heavy (non-hydrogen) atoms. The van der Waals surface area contributed by atoms with Crippen LogP contribution in [0.4, 0.5) is 11.8 Å². The van der Waals surface area contributed by atoms with Gasteiger partial charge in [0.1, 0.15) is 5.82 Å². The summed E-state index contributed by atoms with van der Waals surface area (Å²) in [5.74, 6) is 0.927. The van der Waals surface area contributed by atoms with E-state index < -0.39 is 0 Å². The van der Waals surface area contributed by atoms with Crippen molar-refractivity contribution in [1.82, 2.24) is 9.97 Å². The smallest absolute Gasteiger partial charge is 0.221 e. The van der Waals surface area contributed by atoms with Crippen LogP contribution in [0.5, 0.6) is 0 Å². The van der Waals surface area contributed by atoms with E-state index in [1.165, 1.54) is 0 Å². The molecule has 0 saturated carbocycles. The Morgan fingerprint density at radius 2 is 2.00 bits per heavy atom. The lowest BCUT2D eigenvalue weighted by Gasteiger charge is -2.05. The van der Waals surface area contributed by atoms with Gasteiger partial charge in [-0.2, -0.15) is 10.2 Å². The molecule has 2 aromatic rings. The topological polar surface area (TPSA) is 87.6 Å². The Bertz CT molecular complexity index is 542. The van der Waals surface area contributed by atoms with Crippen molar-refractivity contribution in [2.45, 2.75) is 6.54 Å². The average Bonchev–Trinajstić information content (AvgIpc) is 2.37. The fourth-order valence-corrected chi connectivity index (χ4v) is 1.36. The molecule has 2 rings (SSSR count). The molecule has 0 unspecified atom stereocenters. The highest BCUT2D eigenvalue weighted by Crippen LogP contribution is 2.07. The molecule has 5 heteroatoms. The lowest BCUT2D eigenvalue weighted by atomic mass is 10.1. The van der Waals surface area contributed by atoms with Gasteiger partial charge in [-0.25, -0.2) is 4.98 Å². The van der Waals surface area contributed by atoms with Gasteiger partial charge < -0.3 is 11.1 Å². The summed E-state index contributed by atoms with van der Waals surface area (Å²) in [6.45, 7) is 0.627. The third-order valence-electron chi connectivity index (χ3n) is 2.23. The molecule has 1 heterocycles. The van der Waals surface area contributed by atoms with Gasteiger partial charge >= 0.3 is 0 Å². The summed E-state index contributed by atoms with van der Waals surface area (Å²) >= 11 is 0. The fraction of sp³-hybridized carbons (Fsp3) is 0.0833. The Hall–Kier alpha value is -2.61. The van der Waals surface area contributed by atoms with Crippen LogP contribution in [-0.2, 0) is 6.54 Å². The Labute approximate surface area is 98.9 Å². The molecule has 0 bridgehead atoms. The predicted octanol–water partition coefficient (Wildman–Crippen LogP) is 1.54. The molecule has 0 saturated heterocycles. The van der Waals surface area contributed by atoms with Crippen molar-refractivity contribution in [3.63, 3.8) is 0 Å². The fourth-order valence-electron chi connectivity index (χ4n) is 1.36. The van der Waals surface area contributed by atoms with Crippen LogP contribution in [0.25, 0.3) is 0 Å².